The molecule has 2 N–H and O–H groups in total. The van der Waals surface area contributed by atoms with Crippen LogP contribution in [0.4, 0.5) is 5.69 Å². The van der Waals surface area contributed by atoms with Gasteiger partial charge in [0.1, 0.15) is 0 Å². The van der Waals surface area contributed by atoms with Gasteiger partial charge in [0.2, 0.25) is 0 Å². The van der Waals surface area contributed by atoms with Gasteiger partial charge in [0.25, 0.3) is 11.6 Å². The lowest BCUT2D eigenvalue weighted by Gasteiger charge is -2.13. The largest absolute Gasteiger partial charge is 0.359 e. The van der Waals surface area contributed by atoms with E-state index in [1.165, 1.54) is 24.3 Å². The van der Waals surface area contributed by atoms with Crippen molar-refractivity contribution in [3.8, 4) is 0 Å². The van der Waals surface area contributed by atoms with Crippen molar-refractivity contribution in [1.29, 1.82) is 0 Å². The highest BCUT2D eigenvalue weighted by Crippen LogP contribution is 2.12. The maximum atomic E-state index is 11.9. The number of rotatable bonds is 3. The van der Waals surface area contributed by atoms with Crippen LogP contribution in [0, 0.1) is 10.1 Å². The van der Waals surface area contributed by atoms with Crippen molar-refractivity contribution in [2.45, 2.75) is 12.5 Å². The van der Waals surface area contributed by atoms with Gasteiger partial charge in [-0.2, -0.15) is 0 Å². The Bertz CT molecular complexity index is 715. The minimum absolute atomic E-state index is 0.0134. The standard InChI is InChI=1S/C12H13N3O5S2/c16-11(8-1-3-10(4-2-8)15(17)18)14-12(21)13-9-5-6-22(19,20)7-9/h1-4,9H,5-7H2,(H2,13,14,16,21)/t9-/m0/s1. The van der Waals surface area contributed by atoms with Crippen molar-refractivity contribution in [2.24, 2.45) is 0 Å². The number of benzene rings is 1. The second kappa shape index (κ2) is 6.36. The summed E-state index contributed by atoms with van der Waals surface area (Å²) in [6, 6.07) is 4.76. The summed E-state index contributed by atoms with van der Waals surface area (Å²) in [6.45, 7) is 0. The quantitative estimate of drug-likeness (QED) is 0.463. The summed E-state index contributed by atoms with van der Waals surface area (Å²) < 4.78 is 22.7. The van der Waals surface area contributed by atoms with Crippen molar-refractivity contribution in [1.82, 2.24) is 10.6 Å². The number of thiocarbonyl (C=S) groups is 1. The van der Waals surface area contributed by atoms with E-state index >= 15 is 0 Å². The van der Waals surface area contributed by atoms with Gasteiger partial charge in [0.05, 0.1) is 16.4 Å². The number of non-ortho nitro benzene ring substituents is 1. The van der Waals surface area contributed by atoms with Crippen molar-refractivity contribution >= 4 is 38.8 Å². The number of nitrogens with one attached hydrogen (secondary N) is 2. The molecule has 0 unspecified atom stereocenters. The molecule has 1 amide bonds. The number of carbonyl (C=O) groups excluding carboxylic acids is 1. The smallest absolute Gasteiger partial charge is 0.269 e. The highest BCUT2D eigenvalue weighted by Gasteiger charge is 2.28. The van der Waals surface area contributed by atoms with Gasteiger partial charge >= 0.3 is 0 Å². The summed E-state index contributed by atoms with van der Waals surface area (Å²) in [4.78, 5) is 21.9. The average molecular weight is 343 g/mol. The molecule has 0 spiro atoms. The zero-order valence-electron chi connectivity index (χ0n) is 11.3. The number of amides is 1. The van der Waals surface area contributed by atoms with E-state index in [9.17, 15) is 23.3 Å². The first kappa shape index (κ1) is 16.3. The third-order valence-corrected chi connectivity index (χ3v) is 5.12. The topological polar surface area (TPSA) is 118 Å². The van der Waals surface area contributed by atoms with Crippen molar-refractivity contribution in [3.05, 3.63) is 39.9 Å². The molecule has 1 heterocycles. The Hall–Kier alpha value is -2.07. The van der Waals surface area contributed by atoms with Crippen LogP contribution in [0.25, 0.3) is 0 Å². The Labute approximate surface area is 132 Å². The fourth-order valence-electron chi connectivity index (χ4n) is 2.04. The molecule has 0 bridgehead atoms. The molecular formula is C12H13N3O5S2. The van der Waals surface area contributed by atoms with Crippen LogP contribution < -0.4 is 10.6 Å². The molecule has 1 atom stereocenters. The fraction of sp³-hybridized carbons (Fsp3) is 0.333. The molecule has 0 aliphatic carbocycles. The maximum Gasteiger partial charge on any atom is 0.269 e. The number of carbonyl (C=O) groups is 1. The summed E-state index contributed by atoms with van der Waals surface area (Å²) in [6.07, 6.45) is 0.440. The molecule has 118 valence electrons. The van der Waals surface area contributed by atoms with E-state index in [2.05, 4.69) is 10.6 Å². The molecule has 1 aromatic carbocycles. The first-order chi connectivity index (χ1) is 10.3. The molecule has 8 nitrogen and oxygen atoms in total. The number of hydrogen-bond donors (Lipinski definition) is 2. The summed E-state index contributed by atoms with van der Waals surface area (Å²) in [5, 5.41) is 15.8. The molecule has 1 fully saturated rings. The minimum atomic E-state index is -3.03. The Kier molecular flexibility index (Phi) is 4.71. The average Bonchev–Trinajstić information content (AvgIpc) is 2.77. The fourth-order valence-corrected chi connectivity index (χ4v) is 3.97. The molecule has 1 aromatic rings. The predicted molar refractivity (Wildman–Crippen MR) is 83.4 cm³/mol. The Morgan fingerprint density at radius 2 is 1.95 bits per heavy atom. The molecule has 0 aromatic heterocycles. The van der Waals surface area contributed by atoms with Crippen molar-refractivity contribution in [3.63, 3.8) is 0 Å². The zero-order chi connectivity index (χ0) is 16.3. The molecule has 2 rings (SSSR count). The van der Waals surface area contributed by atoms with Gasteiger partial charge in [-0.05, 0) is 30.8 Å². The van der Waals surface area contributed by atoms with Gasteiger partial charge in [-0.15, -0.1) is 0 Å². The molecule has 1 aliphatic heterocycles. The second-order valence-electron chi connectivity index (χ2n) is 4.83. The normalized spacial score (nSPS) is 19.4. The highest BCUT2D eigenvalue weighted by molar-refractivity contribution is 7.91. The minimum Gasteiger partial charge on any atom is -0.359 e. The number of sulfone groups is 1. The number of nitro benzene ring substituents is 1. The molecule has 0 saturated carbocycles. The first-order valence-electron chi connectivity index (χ1n) is 6.33. The van der Waals surface area contributed by atoms with E-state index in [0.29, 0.717) is 6.42 Å². The van der Waals surface area contributed by atoms with E-state index in [-0.39, 0.29) is 33.9 Å². The summed E-state index contributed by atoms with van der Waals surface area (Å²) in [5.41, 5.74) is 0.0993. The Morgan fingerprint density at radius 1 is 1.32 bits per heavy atom. The SMILES string of the molecule is O=C(NC(=S)N[C@H]1CCS(=O)(=O)C1)c1ccc([N+](=O)[O-])cc1. The van der Waals surface area contributed by atoms with Crippen LogP contribution in [0.3, 0.4) is 0 Å². The van der Waals surface area contributed by atoms with Crippen molar-refractivity contribution < 1.29 is 18.1 Å². The van der Waals surface area contributed by atoms with Crippen LogP contribution in [0.2, 0.25) is 0 Å². The molecule has 0 radical (unpaired) electrons. The van der Waals surface area contributed by atoms with Gasteiger partial charge in [0.15, 0.2) is 14.9 Å². The second-order valence-corrected chi connectivity index (χ2v) is 7.47. The lowest BCUT2D eigenvalue weighted by atomic mass is 10.2. The summed E-state index contributed by atoms with van der Waals surface area (Å²) in [7, 11) is -3.03. The monoisotopic (exact) mass is 343 g/mol. The van der Waals surface area contributed by atoms with Crippen LogP contribution in [-0.4, -0.2) is 41.9 Å². The Morgan fingerprint density at radius 3 is 2.45 bits per heavy atom. The zero-order valence-corrected chi connectivity index (χ0v) is 12.9. The van der Waals surface area contributed by atoms with E-state index < -0.39 is 20.7 Å². The van der Waals surface area contributed by atoms with Gasteiger partial charge < -0.3 is 5.32 Å². The lowest BCUT2D eigenvalue weighted by Crippen LogP contribution is -2.44. The summed E-state index contributed by atoms with van der Waals surface area (Å²) >= 11 is 4.96. The third kappa shape index (κ3) is 4.21. The summed E-state index contributed by atoms with van der Waals surface area (Å²) in [5.74, 6) is -0.433. The highest BCUT2D eigenvalue weighted by atomic mass is 32.2. The number of nitro groups is 1. The van der Waals surface area contributed by atoms with Gasteiger partial charge in [0, 0.05) is 23.7 Å². The molecule has 1 saturated heterocycles. The van der Waals surface area contributed by atoms with Crippen LogP contribution in [0.15, 0.2) is 24.3 Å². The first-order valence-corrected chi connectivity index (χ1v) is 8.56. The van der Waals surface area contributed by atoms with Gasteiger partial charge in [-0.25, -0.2) is 8.42 Å². The van der Waals surface area contributed by atoms with Crippen LogP contribution >= 0.6 is 12.2 Å². The van der Waals surface area contributed by atoms with Crippen LogP contribution in [0.1, 0.15) is 16.8 Å². The van der Waals surface area contributed by atoms with E-state index in [0.717, 1.165) is 0 Å². The molecular weight excluding hydrogens is 330 g/mol. The van der Waals surface area contributed by atoms with E-state index in [4.69, 9.17) is 12.2 Å². The van der Waals surface area contributed by atoms with E-state index in [1.54, 1.807) is 0 Å². The Balaban J connectivity index is 1.91. The number of hydrogen-bond acceptors (Lipinski definition) is 6. The number of nitrogens with zero attached hydrogens (tertiary/aromatic N) is 1. The van der Waals surface area contributed by atoms with Crippen molar-refractivity contribution in [2.75, 3.05) is 11.5 Å². The van der Waals surface area contributed by atoms with Crippen LogP contribution in [0.5, 0.6) is 0 Å². The molecule has 1 aliphatic rings. The van der Waals surface area contributed by atoms with Gasteiger partial charge in [-0.1, -0.05) is 0 Å². The molecule has 10 heteroatoms. The van der Waals surface area contributed by atoms with E-state index in [1.807, 2.05) is 0 Å². The van der Waals surface area contributed by atoms with Crippen LogP contribution in [-0.2, 0) is 9.84 Å². The third-order valence-electron chi connectivity index (χ3n) is 3.14. The predicted octanol–water partition coefficient (Wildman–Crippen LogP) is 0.386. The van der Waals surface area contributed by atoms with Gasteiger partial charge in [-0.3, -0.25) is 20.2 Å². The molecule has 22 heavy (non-hydrogen) atoms. The maximum absolute atomic E-state index is 11.9. The lowest BCUT2D eigenvalue weighted by molar-refractivity contribution is -0.384.